The van der Waals surface area contributed by atoms with Gasteiger partial charge in [0.25, 0.3) is 16.3 Å². The second kappa shape index (κ2) is 2.67. The first-order chi connectivity index (χ1) is 5.57. The molecule has 6 nitrogen and oxygen atoms in total. The van der Waals surface area contributed by atoms with Gasteiger partial charge in [0.05, 0.1) is 0 Å². The molecule has 62 valence electrons. The van der Waals surface area contributed by atoms with Crippen LogP contribution >= 0.6 is 0 Å². The van der Waals surface area contributed by atoms with Gasteiger partial charge >= 0.3 is 0 Å². The SMILES string of the molecule is O=c1cc(NO)c(=O)c(=O)c1=O. The van der Waals surface area contributed by atoms with Crippen LogP contribution in [0.3, 0.4) is 0 Å². The molecule has 0 radical (unpaired) electrons. The predicted molar refractivity (Wildman–Crippen MR) is 39.3 cm³/mol. The Bertz CT molecular complexity index is 496. The van der Waals surface area contributed by atoms with Gasteiger partial charge in [0, 0.05) is 6.07 Å². The first-order valence-corrected chi connectivity index (χ1v) is 2.87. The van der Waals surface area contributed by atoms with Crippen molar-refractivity contribution in [1.29, 1.82) is 0 Å². The van der Waals surface area contributed by atoms with E-state index in [0.717, 1.165) is 0 Å². The van der Waals surface area contributed by atoms with Crippen LogP contribution in [0.25, 0.3) is 0 Å². The molecule has 0 atom stereocenters. The molecule has 1 aromatic rings. The van der Waals surface area contributed by atoms with Gasteiger partial charge in [-0.25, -0.2) is 0 Å². The van der Waals surface area contributed by atoms with Crippen molar-refractivity contribution in [2.45, 2.75) is 0 Å². The van der Waals surface area contributed by atoms with Crippen LogP contribution in [0.15, 0.2) is 25.2 Å². The predicted octanol–water partition coefficient (Wildman–Crippen LogP) is -2.20. The molecule has 0 unspecified atom stereocenters. The van der Waals surface area contributed by atoms with Crippen LogP contribution in [0.1, 0.15) is 0 Å². The van der Waals surface area contributed by atoms with Crippen molar-refractivity contribution in [1.82, 2.24) is 0 Å². The zero-order valence-corrected chi connectivity index (χ0v) is 5.66. The normalized spacial score (nSPS) is 9.75. The van der Waals surface area contributed by atoms with Crippen molar-refractivity contribution in [3.63, 3.8) is 0 Å². The summed E-state index contributed by atoms with van der Waals surface area (Å²) in [6.45, 7) is 0. The fourth-order valence-electron chi connectivity index (χ4n) is 0.683. The topological polar surface area (TPSA) is 101 Å². The molecule has 6 heteroatoms. The first-order valence-electron chi connectivity index (χ1n) is 2.87. The largest absolute Gasteiger partial charge is 0.291 e. The Morgan fingerprint density at radius 1 is 1.00 bits per heavy atom. The number of hydrogen-bond donors (Lipinski definition) is 2. The molecule has 0 aliphatic rings. The van der Waals surface area contributed by atoms with E-state index in [2.05, 4.69) is 0 Å². The Labute approximate surface area is 64.4 Å². The second-order valence-corrected chi connectivity index (χ2v) is 2.02. The lowest BCUT2D eigenvalue weighted by Gasteiger charge is -1.90. The summed E-state index contributed by atoms with van der Waals surface area (Å²) < 4.78 is 0. The van der Waals surface area contributed by atoms with Crippen molar-refractivity contribution in [2.24, 2.45) is 0 Å². The van der Waals surface area contributed by atoms with Gasteiger partial charge in [-0.1, -0.05) is 0 Å². The lowest BCUT2D eigenvalue weighted by atomic mass is 10.3. The molecular formula is C6H3NO5. The summed E-state index contributed by atoms with van der Waals surface area (Å²) in [4.78, 5) is 42.4. The molecule has 12 heavy (non-hydrogen) atoms. The number of nitrogens with one attached hydrogen (secondary N) is 1. The molecule has 0 aliphatic heterocycles. The number of benzene rings is 1. The summed E-state index contributed by atoms with van der Waals surface area (Å²) in [6.07, 6.45) is 0. The Morgan fingerprint density at radius 3 is 2.08 bits per heavy atom. The van der Waals surface area contributed by atoms with Gasteiger partial charge in [-0.15, -0.1) is 0 Å². The van der Waals surface area contributed by atoms with Crippen LogP contribution in [0.5, 0.6) is 0 Å². The molecule has 0 saturated heterocycles. The van der Waals surface area contributed by atoms with Gasteiger partial charge in [-0.2, -0.15) is 0 Å². The van der Waals surface area contributed by atoms with Crippen molar-refractivity contribution >= 4 is 5.69 Å². The van der Waals surface area contributed by atoms with Crippen molar-refractivity contribution in [3.8, 4) is 0 Å². The molecule has 0 aliphatic carbocycles. The number of rotatable bonds is 1. The van der Waals surface area contributed by atoms with Crippen LogP contribution in [-0.2, 0) is 0 Å². The zero-order chi connectivity index (χ0) is 9.30. The maximum absolute atomic E-state index is 10.7. The number of hydrogen-bond acceptors (Lipinski definition) is 6. The molecule has 0 bridgehead atoms. The van der Waals surface area contributed by atoms with E-state index in [-0.39, 0.29) is 0 Å². The van der Waals surface area contributed by atoms with Gasteiger partial charge in [0.1, 0.15) is 5.69 Å². The monoisotopic (exact) mass is 169 g/mol. The highest BCUT2D eigenvalue weighted by molar-refractivity contribution is 5.39. The Hall–Kier alpha value is -1.82. The van der Waals surface area contributed by atoms with Crippen molar-refractivity contribution < 1.29 is 5.21 Å². The molecule has 0 fully saturated rings. The van der Waals surface area contributed by atoms with E-state index in [9.17, 15) is 19.2 Å². The maximum atomic E-state index is 10.7. The van der Waals surface area contributed by atoms with Crippen LogP contribution in [0, 0.1) is 0 Å². The molecule has 0 heterocycles. The highest BCUT2D eigenvalue weighted by Gasteiger charge is 2.08. The van der Waals surface area contributed by atoms with E-state index in [1.54, 1.807) is 0 Å². The molecule has 1 aromatic carbocycles. The quantitative estimate of drug-likeness (QED) is 0.365. The highest BCUT2D eigenvalue weighted by atomic mass is 16.5. The van der Waals surface area contributed by atoms with E-state index in [1.165, 1.54) is 5.48 Å². The van der Waals surface area contributed by atoms with Gasteiger partial charge in [-0.3, -0.25) is 29.9 Å². The van der Waals surface area contributed by atoms with Crippen molar-refractivity contribution in [3.05, 3.63) is 47.0 Å². The minimum atomic E-state index is -1.43. The van der Waals surface area contributed by atoms with Gasteiger partial charge < -0.3 is 0 Å². The summed E-state index contributed by atoms with van der Waals surface area (Å²) >= 11 is 0. The summed E-state index contributed by atoms with van der Waals surface area (Å²) in [7, 11) is 0. The van der Waals surface area contributed by atoms with E-state index in [1.807, 2.05) is 0 Å². The Kier molecular flexibility index (Phi) is 1.84. The van der Waals surface area contributed by atoms with E-state index in [0.29, 0.717) is 6.07 Å². The van der Waals surface area contributed by atoms with Gasteiger partial charge in [0.15, 0.2) is 0 Å². The lowest BCUT2D eigenvalue weighted by molar-refractivity contribution is 0.388. The van der Waals surface area contributed by atoms with E-state index < -0.39 is 27.4 Å². The Balaban J connectivity index is 3.87. The molecule has 0 saturated carbocycles. The van der Waals surface area contributed by atoms with Crippen LogP contribution in [-0.4, -0.2) is 5.21 Å². The molecule has 1 rings (SSSR count). The average molecular weight is 169 g/mol. The molecule has 0 amide bonds. The Morgan fingerprint density at radius 2 is 1.58 bits per heavy atom. The standard InChI is InChI=1S/C6H3NO5/c8-3-1-2(7-12)4(9)6(11)5(3)10/h1,7,12H. The highest BCUT2D eigenvalue weighted by Crippen LogP contribution is 1.84. The van der Waals surface area contributed by atoms with Gasteiger partial charge in [0.2, 0.25) is 5.43 Å². The summed E-state index contributed by atoms with van der Waals surface area (Å²) in [5.41, 5.74) is -4.35. The van der Waals surface area contributed by atoms with Gasteiger partial charge in [-0.05, 0) is 0 Å². The average Bonchev–Trinajstić information content (AvgIpc) is 2.08. The number of anilines is 1. The summed E-state index contributed by atoms with van der Waals surface area (Å²) in [5.74, 6) is 0. The third-order valence-electron chi connectivity index (χ3n) is 1.28. The fraction of sp³-hybridized carbons (Fsp3) is 0. The minimum absolute atomic E-state index is 0.575. The maximum Gasteiger partial charge on any atom is 0.279 e. The smallest absolute Gasteiger partial charge is 0.279 e. The van der Waals surface area contributed by atoms with Crippen molar-refractivity contribution in [2.75, 3.05) is 5.48 Å². The van der Waals surface area contributed by atoms with E-state index >= 15 is 0 Å². The van der Waals surface area contributed by atoms with E-state index in [4.69, 9.17) is 5.21 Å². The molecule has 0 aromatic heterocycles. The lowest BCUT2D eigenvalue weighted by Crippen LogP contribution is -2.46. The molecule has 0 spiro atoms. The minimum Gasteiger partial charge on any atom is -0.291 e. The first kappa shape index (κ1) is 8.28. The fourth-order valence-corrected chi connectivity index (χ4v) is 0.683. The molecule has 2 N–H and O–H groups in total. The van der Waals surface area contributed by atoms with Crippen LogP contribution in [0.2, 0.25) is 0 Å². The third kappa shape index (κ3) is 1.04. The second-order valence-electron chi connectivity index (χ2n) is 2.02. The molecular weight excluding hydrogens is 166 g/mol. The van der Waals surface area contributed by atoms with Crippen LogP contribution in [0.4, 0.5) is 5.69 Å². The summed E-state index contributed by atoms with van der Waals surface area (Å²) in [5, 5.41) is 8.23. The van der Waals surface area contributed by atoms with Crippen LogP contribution < -0.4 is 27.2 Å². The summed E-state index contributed by atoms with van der Waals surface area (Å²) in [6, 6.07) is 0.575. The zero-order valence-electron chi connectivity index (χ0n) is 5.66. The third-order valence-corrected chi connectivity index (χ3v) is 1.28.